The largest absolute Gasteiger partial charge is 0.545 e. The lowest BCUT2D eigenvalue weighted by Gasteiger charge is -2.30. The number of fused-ring (bicyclic) bond motifs is 1. The Hall–Kier alpha value is -2.62. The number of ether oxygens (including phenoxy) is 1. The Morgan fingerprint density at radius 2 is 2.00 bits per heavy atom. The zero-order valence-electron chi connectivity index (χ0n) is 16.6. The molecule has 3 nitrogen and oxygen atoms in total. The van der Waals surface area contributed by atoms with Crippen molar-refractivity contribution in [2.24, 2.45) is 0 Å². The van der Waals surface area contributed by atoms with Crippen LogP contribution in [0.4, 0.5) is 4.39 Å². The molecule has 1 aromatic carbocycles. The first-order valence-corrected chi connectivity index (χ1v) is 9.07. The van der Waals surface area contributed by atoms with E-state index in [1.165, 1.54) is 17.7 Å². The van der Waals surface area contributed by atoms with Gasteiger partial charge in [-0.25, -0.2) is 4.39 Å². The number of hydrogen-bond donors (Lipinski definition) is 0. The molecule has 1 aromatic rings. The fourth-order valence-electron chi connectivity index (χ4n) is 3.17. The number of benzene rings is 1. The maximum Gasteiger partial charge on any atom is 0.127 e. The van der Waals surface area contributed by atoms with E-state index >= 15 is 0 Å². The van der Waals surface area contributed by atoms with Gasteiger partial charge in [-0.3, -0.25) is 0 Å². The number of carbonyl (C=O) groups excluding carboxylic acids is 1. The van der Waals surface area contributed by atoms with Crippen LogP contribution in [0, 0.1) is 0 Å². The molecule has 0 heterocycles. The van der Waals surface area contributed by atoms with Crippen LogP contribution >= 0.6 is 0 Å². The molecule has 0 aromatic heterocycles. The summed E-state index contributed by atoms with van der Waals surface area (Å²) in [6.45, 7) is 10.0. The van der Waals surface area contributed by atoms with E-state index in [9.17, 15) is 14.3 Å². The van der Waals surface area contributed by atoms with Gasteiger partial charge in [0, 0.05) is 5.56 Å². The van der Waals surface area contributed by atoms with Crippen LogP contribution in [-0.4, -0.2) is 12.6 Å². The maximum atomic E-state index is 14.7. The number of rotatable bonds is 6. The molecule has 0 amide bonds. The van der Waals surface area contributed by atoms with Crippen LogP contribution in [0.2, 0.25) is 0 Å². The Morgan fingerprint density at radius 3 is 2.63 bits per heavy atom. The number of carboxylic acid groups (broad SMARTS) is 1. The average molecular weight is 369 g/mol. The Morgan fingerprint density at radius 1 is 1.30 bits per heavy atom. The van der Waals surface area contributed by atoms with E-state index in [1.54, 1.807) is 13.8 Å². The van der Waals surface area contributed by atoms with Gasteiger partial charge in [-0.1, -0.05) is 32.1 Å². The summed E-state index contributed by atoms with van der Waals surface area (Å²) in [4.78, 5) is 10.6. The molecule has 1 aliphatic carbocycles. The number of allylic oxidation sites excluding steroid dienone is 6. The number of aliphatic carboxylic acids is 1. The van der Waals surface area contributed by atoms with Crippen LogP contribution in [0.15, 0.2) is 47.8 Å². The average Bonchev–Trinajstić information content (AvgIpc) is 2.58. The summed E-state index contributed by atoms with van der Waals surface area (Å²) in [6.07, 6.45) is 8.75. The van der Waals surface area contributed by atoms with Gasteiger partial charge < -0.3 is 14.6 Å². The van der Waals surface area contributed by atoms with Crippen molar-refractivity contribution in [2.45, 2.75) is 46.5 Å². The molecule has 2 rings (SSSR count). The second-order valence-corrected chi connectivity index (χ2v) is 7.37. The first-order valence-electron chi connectivity index (χ1n) is 9.07. The summed E-state index contributed by atoms with van der Waals surface area (Å²) in [5, 5.41) is 10.6. The summed E-state index contributed by atoms with van der Waals surface area (Å²) in [7, 11) is 0. The lowest BCUT2D eigenvalue weighted by atomic mass is 9.75. The van der Waals surface area contributed by atoms with Crippen molar-refractivity contribution in [1.82, 2.24) is 0 Å². The van der Waals surface area contributed by atoms with Gasteiger partial charge in [0.25, 0.3) is 0 Å². The molecule has 27 heavy (non-hydrogen) atoms. The number of halogens is 1. The Kier molecular flexibility index (Phi) is 6.42. The van der Waals surface area contributed by atoms with E-state index in [-0.39, 0.29) is 5.41 Å². The van der Waals surface area contributed by atoms with Crippen molar-refractivity contribution in [2.75, 3.05) is 6.61 Å². The minimum atomic E-state index is -1.30. The predicted octanol–water partition coefficient (Wildman–Crippen LogP) is 4.73. The minimum Gasteiger partial charge on any atom is -0.545 e. The van der Waals surface area contributed by atoms with E-state index in [1.807, 2.05) is 19.1 Å². The highest BCUT2D eigenvalue weighted by Gasteiger charge is 2.26. The normalized spacial score (nSPS) is 16.9. The van der Waals surface area contributed by atoms with Gasteiger partial charge in [0.05, 0.1) is 12.6 Å². The maximum absolute atomic E-state index is 14.7. The van der Waals surface area contributed by atoms with Crippen molar-refractivity contribution in [3.05, 3.63) is 64.5 Å². The van der Waals surface area contributed by atoms with Gasteiger partial charge in [0.2, 0.25) is 0 Å². The summed E-state index contributed by atoms with van der Waals surface area (Å²) in [5.41, 5.74) is 3.79. The molecule has 0 atom stereocenters. The van der Waals surface area contributed by atoms with Gasteiger partial charge in [0.15, 0.2) is 0 Å². The molecule has 0 radical (unpaired) electrons. The zero-order chi connectivity index (χ0) is 20.2. The highest BCUT2D eigenvalue weighted by Crippen LogP contribution is 2.41. The smallest absolute Gasteiger partial charge is 0.127 e. The minimum absolute atomic E-state index is 0.00267. The Balaban J connectivity index is 2.52. The molecule has 144 valence electrons. The highest BCUT2D eigenvalue weighted by atomic mass is 19.1. The van der Waals surface area contributed by atoms with E-state index in [4.69, 9.17) is 4.74 Å². The summed E-state index contributed by atoms with van der Waals surface area (Å²) >= 11 is 0. The van der Waals surface area contributed by atoms with Crippen LogP contribution in [0.25, 0.3) is 11.6 Å². The third-order valence-electron chi connectivity index (χ3n) is 4.71. The molecule has 0 bridgehead atoms. The van der Waals surface area contributed by atoms with Crippen molar-refractivity contribution in [3.8, 4) is 5.75 Å². The van der Waals surface area contributed by atoms with Crippen LogP contribution in [0.5, 0.6) is 5.75 Å². The number of carbonyl (C=O) groups is 1. The zero-order valence-corrected chi connectivity index (χ0v) is 16.6. The van der Waals surface area contributed by atoms with E-state index < -0.39 is 11.8 Å². The Labute approximate surface area is 160 Å². The van der Waals surface area contributed by atoms with E-state index in [0.717, 1.165) is 18.1 Å². The molecule has 1 aliphatic rings. The van der Waals surface area contributed by atoms with Gasteiger partial charge in [-0.2, -0.15) is 0 Å². The lowest BCUT2D eigenvalue weighted by Crippen LogP contribution is -2.20. The fourth-order valence-corrected chi connectivity index (χ4v) is 3.17. The molecular formula is C23H26FO3-. The molecule has 0 unspecified atom stereocenters. The van der Waals surface area contributed by atoms with Gasteiger partial charge in [0.1, 0.15) is 11.6 Å². The van der Waals surface area contributed by atoms with Gasteiger partial charge in [-0.15, -0.1) is 0 Å². The Bertz CT molecular complexity index is 855. The van der Waals surface area contributed by atoms with Crippen molar-refractivity contribution in [1.29, 1.82) is 0 Å². The molecule has 0 saturated heterocycles. The highest BCUT2D eigenvalue weighted by molar-refractivity contribution is 5.79. The summed E-state index contributed by atoms with van der Waals surface area (Å²) < 4.78 is 20.5. The van der Waals surface area contributed by atoms with E-state index in [2.05, 4.69) is 26.0 Å². The number of hydrogen-bond acceptors (Lipinski definition) is 3. The molecule has 0 aliphatic heterocycles. The third kappa shape index (κ3) is 4.97. The third-order valence-corrected chi connectivity index (χ3v) is 4.71. The quantitative estimate of drug-likeness (QED) is 0.538. The molecule has 0 saturated carbocycles. The SMILES string of the molecule is CCOc1cc2c(cc1\C(C)=C(F)/C=C/C(C)=C/C(=O)[O-])C=CCC2(C)C. The van der Waals surface area contributed by atoms with Crippen LogP contribution in [0.1, 0.15) is 57.7 Å². The van der Waals surface area contributed by atoms with Crippen LogP contribution in [0.3, 0.4) is 0 Å². The van der Waals surface area contributed by atoms with Crippen LogP contribution in [-0.2, 0) is 10.2 Å². The van der Waals surface area contributed by atoms with Crippen molar-refractivity contribution >= 4 is 17.6 Å². The predicted molar refractivity (Wildman–Crippen MR) is 106 cm³/mol. The summed E-state index contributed by atoms with van der Waals surface area (Å²) in [5.74, 6) is -1.09. The van der Waals surface area contributed by atoms with Gasteiger partial charge in [-0.05, 0) is 79.2 Å². The topological polar surface area (TPSA) is 49.4 Å². The van der Waals surface area contributed by atoms with Crippen LogP contribution < -0.4 is 9.84 Å². The van der Waals surface area contributed by atoms with Gasteiger partial charge >= 0.3 is 0 Å². The molecule has 0 N–H and O–H groups in total. The number of carboxylic acids is 1. The standard InChI is InChI=1S/C23H27FO3/c1-6-27-21-14-19-17(8-7-11-23(19,4)5)13-18(21)16(3)20(24)10-9-15(2)12-22(25)26/h7-10,12-14H,6,11H2,1-5H3,(H,25,26)/p-1/b10-9+,15-12+,20-16+. The summed E-state index contributed by atoms with van der Waals surface area (Å²) in [6, 6.07) is 3.98. The van der Waals surface area contributed by atoms with Crippen molar-refractivity contribution < 1.29 is 19.0 Å². The first-order chi connectivity index (χ1) is 12.7. The molecular weight excluding hydrogens is 343 g/mol. The molecule has 0 fully saturated rings. The lowest BCUT2D eigenvalue weighted by molar-refractivity contribution is -0.297. The molecule has 4 heteroatoms. The van der Waals surface area contributed by atoms with E-state index in [0.29, 0.717) is 29.1 Å². The second-order valence-electron chi connectivity index (χ2n) is 7.37. The second kappa shape index (κ2) is 8.38. The van der Waals surface area contributed by atoms with Crippen molar-refractivity contribution in [3.63, 3.8) is 0 Å². The first kappa shape index (κ1) is 20.7. The molecule has 0 spiro atoms. The fraction of sp³-hybridized carbons (Fsp3) is 0.348. The monoisotopic (exact) mass is 369 g/mol.